The van der Waals surface area contributed by atoms with Crippen LogP contribution in [0, 0.1) is 0 Å². The summed E-state index contributed by atoms with van der Waals surface area (Å²) >= 11 is 0. The Morgan fingerprint density at radius 2 is 1.83 bits per heavy atom. The molecule has 0 saturated carbocycles. The number of pyridine rings is 1. The second kappa shape index (κ2) is 6.46. The zero-order valence-corrected chi connectivity index (χ0v) is 14.4. The van der Waals surface area contributed by atoms with E-state index in [1.54, 1.807) is 0 Å². The molecule has 1 aromatic heterocycles. The van der Waals surface area contributed by atoms with E-state index in [4.69, 9.17) is 4.98 Å². The van der Waals surface area contributed by atoms with Gasteiger partial charge >= 0.3 is 0 Å². The average molecular weight is 313 g/mol. The molecule has 0 radical (unpaired) electrons. The molecule has 3 rings (SSSR count). The first-order valence-electron chi connectivity index (χ1n) is 8.54. The SMILES string of the molecule is CCc1cc(N2CCN(CC(C)(C)O)CC2)c2ccccc2n1. The fourth-order valence-electron chi connectivity index (χ4n) is 3.35. The van der Waals surface area contributed by atoms with Crippen molar-refractivity contribution in [2.45, 2.75) is 32.8 Å². The molecule has 0 amide bonds. The Hall–Kier alpha value is -1.65. The Bertz CT molecular complexity index is 670. The molecule has 23 heavy (non-hydrogen) atoms. The number of β-amino-alcohol motifs (C(OH)–C–C–N with tert-alkyl or cyclic N) is 1. The standard InChI is InChI=1S/C19H27N3O/c1-4-15-13-18(16-7-5-6-8-17(16)20-15)22-11-9-21(10-12-22)14-19(2,3)23/h5-8,13,23H,4,9-12,14H2,1-3H3. The Balaban J connectivity index is 1.82. The van der Waals surface area contributed by atoms with Gasteiger partial charge in [-0.3, -0.25) is 9.88 Å². The van der Waals surface area contributed by atoms with Gasteiger partial charge in [0.1, 0.15) is 0 Å². The monoisotopic (exact) mass is 313 g/mol. The van der Waals surface area contributed by atoms with Crippen LogP contribution in [-0.4, -0.2) is 53.3 Å². The maximum absolute atomic E-state index is 10.00. The van der Waals surface area contributed by atoms with Gasteiger partial charge in [0.25, 0.3) is 0 Å². The van der Waals surface area contributed by atoms with Crippen LogP contribution in [0.2, 0.25) is 0 Å². The lowest BCUT2D eigenvalue weighted by atomic mass is 10.1. The summed E-state index contributed by atoms with van der Waals surface area (Å²) in [4.78, 5) is 9.55. The van der Waals surface area contributed by atoms with Gasteiger partial charge in [-0.05, 0) is 32.4 Å². The largest absolute Gasteiger partial charge is 0.389 e. The number of benzene rings is 1. The molecule has 1 aliphatic heterocycles. The van der Waals surface area contributed by atoms with Crippen molar-refractivity contribution in [3.8, 4) is 0 Å². The van der Waals surface area contributed by atoms with Crippen LogP contribution in [-0.2, 0) is 6.42 Å². The molecule has 1 N–H and O–H groups in total. The van der Waals surface area contributed by atoms with E-state index < -0.39 is 5.60 Å². The lowest BCUT2D eigenvalue weighted by Crippen LogP contribution is -2.50. The van der Waals surface area contributed by atoms with Gasteiger partial charge in [0, 0.05) is 49.5 Å². The van der Waals surface area contributed by atoms with Crippen molar-refractivity contribution in [2.75, 3.05) is 37.6 Å². The fourth-order valence-corrected chi connectivity index (χ4v) is 3.35. The van der Waals surface area contributed by atoms with Gasteiger partial charge in [-0.15, -0.1) is 0 Å². The number of piperazine rings is 1. The Morgan fingerprint density at radius 1 is 1.13 bits per heavy atom. The highest BCUT2D eigenvalue weighted by molar-refractivity contribution is 5.92. The summed E-state index contributed by atoms with van der Waals surface area (Å²) in [5, 5.41) is 11.2. The highest BCUT2D eigenvalue weighted by atomic mass is 16.3. The maximum atomic E-state index is 10.00. The Labute approximate surface area is 138 Å². The Kier molecular flexibility index (Phi) is 4.55. The van der Waals surface area contributed by atoms with Gasteiger partial charge in [-0.2, -0.15) is 0 Å². The summed E-state index contributed by atoms with van der Waals surface area (Å²) in [6, 6.07) is 10.7. The molecule has 0 unspecified atom stereocenters. The minimum absolute atomic E-state index is 0.624. The van der Waals surface area contributed by atoms with Crippen molar-refractivity contribution in [3.05, 3.63) is 36.0 Å². The predicted octanol–water partition coefficient (Wildman–Crippen LogP) is 2.69. The summed E-state index contributed by atoms with van der Waals surface area (Å²) in [5.74, 6) is 0. The van der Waals surface area contributed by atoms with Gasteiger partial charge in [0.05, 0.1) is 11.1 Å². The van der Waals surface area contributed by atoms with Gasteiger partial charge in [-0.1, -0.05) is 25.1 Å². The van der Waals surface area contributed by atoms with E-state index in [0.29, 0.717) is 0 Å². The van der Waals surface area contributed by atoms with Crippen LogP contribution in [0.4, 0.5) is 5.69 Å². The number of nitrogens with zero attached hydrogens (tertiary/aromatic N) is 3. The topological polar surface area (TPSA) is 39.6 Å². The summed E-state index contributed by atoms with van der Waals surface area (Å²) < 4.78 is 0. The second-order valence-corrected chi connectivity index (χ2v) is 7.08. The summed E-state index contributed by atoms with van der Waals surface area (Å²) in [7, 11) is 0. The minimum Gasteiger partial charge on any atom is -0.389 e. The molecule has 0 spiro atoms. The smallest absolute Gasteiger partial charge is 0.0726 e. The molecule has 2 aromatic rings. The first-order valence-corrected chi connectivity index (χ1v) is 8.54. The lowest BCUT2D eigenvalue weighted by Gasteiger charge is -2.38. The van der Waals surface area contributed by atoms with Crippen molar-refractivity contribution < 1.29 is 5.11 Å². The molecular formula is C19H27N3O. The highest BCUT2D eigenvalue weighted by Crippen LogP contribution is 2.28. The van der Waals surface area contributed by atoms with Crippen molar-refractivity contribution in [1.29, 1.82) is 0 Å². The number of fused-ring (bicyclic) bond motifs is 1. The molecule has 0 aliphatic carbocycles. The number of para-hydroxylation sites is 1. The van der Waals surface area contributed by atoms with Crippen LogP contribution in [0.5, 0.6) is 0 Å². The molecule has 0 atom stereocenters. The number of hydrogen-bond acceptors (Lipinski definition) is 4. The summed E-state index contributed by atoms with van der Waals surface area (Å²) in [5.41, 5.74) is 2.91. The van der Waals surface area contributed by atoms with Crippen molar-refractivity contribution in [3.63, 3.8) is 0 Å². The molecule has 1 saturated heterocycles. The summed E-state index contributed by atoms with van der Waals surface area (Å²) in [6.45, 7) is 10.6. The fraction of sp³-hybridized carbons (Fsp3) is 0.526. The lowest BCUT2D eigenvalue weighted by molar-refractivity contribution is 0.0345. The molecule has 0 bridgehead atoms. The van der Waals surface area contributed by atoms with Crippen molar-refractivity contribution in [1.82, 2.24) is 9.88 Å². The molecule has 4 nitrogen and oxygen atoms in total. The van der Waals surface area contributed by atoms with Crippen LogP contribution in [0.1, 0.15) is 26.5 Å². The predicted molar refractivity (Wildman–Crippen MR) is 96.1 cm³/mol. The normalized spacial score (nSPS) is 17.0. The van der Waals surface area contributed by atoms with Gasteiger partial charge in [0.15, 0.2) is 0 Å². The minimum atomic E-state index is -0.624. The van der Waals surface area contributed by atoms with Crippen LogP contribution >= 0.6 is 0 Å². The van der Waals surface area contributed by atoms with Gasteiger partial charge < -0.3 is 10.0 Å². The van der Waals surface area contributed by atoms with Crippen LogP contribution < -0.4 is 4.90 Å². The highest BCUT2D eigenvalue weighted by Gasteiger charge is 2.23. The molecule has 2 heterocycles. The number of anilines is 1. The zero-order chi connectivity index (χ0) is 16.4. The molecule has 4 heteroatoms. The summed E-state index contributed by atoms with van der Waals surface area (Å²) in [6.07, 6.45) is 0.955. The third-order valence-electron chi connectivity index (χ3n) is 4.43. The average Bonchev–Trinajstić information content (AvgIpc) is 2.53. The zero-order valence-electron chi connectivity index (χ0n) is 14.4. The van der Waals surface area contributed by atoms with E-state index in [1.807, 2.05) is 13.8 Å². The molecule has 1 aliphatic rings. The first kappa shape index (κ1) is 16.2. The third kappa shape index (κ3) is 3.82. The number of aliphatic hydroxyl groups is 1. The third-order valence-corrected chi connectivity index (χ3v) is 4.43. The van der Waals surface area contributed by atoms with Crippen molar-refractivity contribution >= 4 is 16.6 Å². The molecule has 124 valence electrons. The first-order chi connectivity index (χ1) is 11.0. The molecule has 1 fully saturated rings. The maximum Gasteiger partial charge on any atom is 0.0726 e. The quantitative estimate of drug-likeness (QED) is 0.942. The van der Waals surface area contributed by atoms with Crippen LogP contribution in [0.3, 0.4) is 0 Å². The van der Waals surface area contributed by atoms with Crippen molar-refractivity contribution in [2.24, 2.45) is 0 Å². The van der Waals surface area contributed by atoms with Crippen LogP contribution in [0.15, 0.2) is 30.3 Å². The van der Waals surface area contributed by atoms with Crippen LogP contribution in [0.25, 0.3) is 10.9 Å². The molecular weight excluding hydrogens is 286 g/mol. The van der Waals surface area contributed by atoms with E-state index in [0.717, 1.165) is 50.4 Å². The molecule has 1 aromatic carbocycles. The van der Waals surface area contributed by atoms with E-state index in [-0.39, 0.29) is 0 Å². The second-order valence-electron chi connectivity index (χ2n) is 7.08. The van der Waals surface area contributed by atoms with E-state index in [9.17, 15) is 5.11 Å². The number of aryl methyl sites for hydroxylation is 1. The van der Waals surface area contributed by atoms with E-state index in [2.05, 4.69) is 47.1 Å². The van der Waals surface area contributed by atoms with Gasteiger partial charge in [-0.25, -0.2) is 0 Å². The van der Waals surface area contributed by atoms with E-state index >= 15 is 0 Å². The number of hydrogen-bond donors (Lipinski definition) is 1. The number of rotatable bonds is 4. The number of aromatic nitrogens is 1. The Morgan fingerprint density at radius 3 is 2.48 bits per heavy atom. The van der Waals surface area contributed by atoms with E-state index in [1.165, 1.54) is 11.1 Å². The van der Waals surface area contributed by atoms with Gasteiger partial charge in [0.2, 0.25) is 0 Å².